The lowest BCUT2D eigenvalue weighted by molar-refractivity contribution is -0.121. The first-order valence-electron chi connectivity index (χ1n) is 7.70. The Balaban J connectivity index is 1.66. The number of fused-ring (bicyclic) bond motifs is 1. The van der Waals surface area contributed by atoms with Gasteiger partial charge in [-0.2, -0.15) is 0 Å². The highest BCUT2D eigenvalue weighted by molar-refractivity contribution is 5.94. The van der Waals surface area contributed by atoms with E-state index < -0.39 is 0 Å². The van der Waals surface area contributed by atoms with Gasteiger partial charge in [-0.3, -0.25) is 9.69 Å². The number of nitrogens with one attached hydrogen (secondary N) is 1. The van der Waals surface area contributed by atoms with Crippen molar-refractivity contribution in [1.29, 1.82) is 0 Å². The van der Waals surface area contributed by atoms with Crippen LogP contribution in [0.15, 0.2) is 12.1 Å². The van der Waals surface area contributed by atoms with Gasteiger partial charge in [0.25, 0.3) is 0 Å². The molecule has 23 heavy (non-hydrogen) atoms. The summed E-state index contributed by atoms with van der Waals surface area (Å²) in [6.45, 7) is 6.02. The van der Waals surface area contributed by atoms with Gasteiger partial charge in [0.05, 0.1) is 31.5 Å². The highest BCUT2D eigenvalue weighted by Crippen LogP contribution is 2.40. The highest BCUT2D eigenvalue weighted by atomic mass is 16.7. The molecule has 0 saturated carbocycles. The van der Waals surface area contributed by atoms with Crippen LogP contribution in [0.1, 0.15) is 13.8 Å². The number of anilines is 1. The van der Waals surface area contributed by atoms with Crippen molar-refractivity contribution < 1.29 is 23.7 Å². The number of rotatable bonds is 4. The first-order chi connectivity index (χ1) is 11.0. The molecule has 2 heterocycles. The van der Waals surface area contributed by atoms with Crippen LogP contribution in [-0.2, 0) is 9.53 Å². The van der Waals surface area contributed by atoms with Crippen LogP contribution in [0.2, 0.25) is 0 Å². The van der Waals surface area contributed by atoms with E-state index in [2.05, 4.69) is 10.2 Å². The lowest BCUT2D eigenvalue weighted by Crippen LogP contribution is -2.48. The Hall–Kier alpha value is -1.99. The molecular weight excluding hydrogens is 300 g/mol. The SMILES string of the molecule is COc1cc2c(cc1NC(=O)CN1CC(C)OC(C)C1)OCO2. The summed E-state index contributed by atoms with van der Waals surface area (Å²) in [5, 5.41) is 2.89. The lowest BCUT2D eigenvalue weighted by atomic mass is 10.2. The molecule has 1 aromatic carbocycles. The van der Waals surface area contributed by atoms with Crippen LogP contribution in [0.5, 0.6) is 17.2 Å². The third kappa shape index (κ3) is 3.68. The predicted molar refractivity (Wildman–Crippen MR) is 84.2 cm³/mol. The number of carbonyl (C=O) groups excluding carboxylic acids is 1. The molecule has 1 N–H and O–H groups in total. The van der Waals surface area contributed by atoms with Crippen molar-refractivity contribution in [2.24, 2.45) is 0 Å². The first-order valence-corrected chi connectivity index (χ1v) is 7.70. The van der Waals surface area contributed by atoms with Crippen LogP contribution < -0.4 is 19.5 Å². The van der Waals surface area contributed by atoms with Gasteiger partial charge >= 0.3 is 0 Å². The van der Waals surface area contributed by atoms with Gasteiger partial charge in [0.15, 0.2) is 11.5 Å². The van der Waals surface area contributed by atoms with E-state index in [0.717, 1.165) is 13.1 Å². The summed E-state index contributed by atoms with van der Waals surface area (Å²) in [5.74, 6) is 1.68. The van der Waals surface area contributed by atoms with Gasteiger partial charge in [-0.1, -0.05) is 0 Å². The third-order valence-electron chi connectivity index (χ3n) is 3.83. The maximum absolute atomic E-state index is 12.3. The van der Waals surface area contributed by atoms with Gasteiger partial charge in [-0.05, 0) is 13.8 Å². The van der Waals surface area contributed by atoms with E-state index in [4.69, 9.17) is 18.9 Å². The van der Waals surface area contributed by atoms with Crippen molar-refractivity contribution in [2.75, 3.05) is 38.9 Å². The number of hydrogen-bond donors (Lipinski definition) is 1. The van der Waals surface area contributed by atoms with Crippen LogP contribution in [-0.4, -0.2) is 56.6 Å². The average molecular weight is 322 g/mol. The van der Waals surface area contributed by atoms with Crippen molar-refractivity contribution in [3.63, 3.8) is 0 Å². The fourth-order valence-electron chi connectivity index (χ4n) is 3.00. The zero-order valence-electron chi connectivity index (χ0n) is 13.6. The average Bonchev–Trinajstić information content (AvgIpc) is 2.92. The van der Waals surface area contributed by atoms with E-state index in [1.54, 1.807) is 19.2 Å². The summed E-state index contributed by atoms with van der Waals surface area (Å²) in [7, 11) is 1.55. The minimum Gasteiger partial charge on any atom is -0.494 e. The molecule has 0 spiro atoms. The Morgan fingerprint density at radius 1 is 1.26 bits per heavy atom. The maximum atomic E-state index is 12.3. The lowest BCUT2D eigenvalue weighted by Gasteiger charge is -2.34. The minimum absolute atomic E-state index is 0.0940. The summed E-state index contributed by atoms with van der Waals surface area (Å²) in [6.07, 6.45) is 0.262. The second-order valence-electron chi connectivity index (χ2n) is 5.91. The Morgan fingerprint density at radius 2 is 1.91 bits per heavy atom. The molecule has 3 rings (SSSR count). The molecule has 1 saturated heterocycles. The molecule has 126 valence electrons. The molecule has 0 bridgehead atoms. The van der Waals surface area contributed by atoms with Crippen LogP contribution in [0.3, 0.4) is 0 Å². The van der Waals surface area contributed by atoms with Gasteiger partial charge < -0.3 is 24.3 Å². The smallest absolute Gasteiger partial charge is 0.238 e. The summed E-state index contributed by atoms with van der Waals surface area (Å²) < 4.78 is 21.6. The van der Waals surface area contributed by atoms with E-state index in [1.807, 2.05) is 13.8 Å². The van der Waals surface area contributed by atoms with Crippen molar-refractivity contribution in [2.45, 2.75) is 26.1 Å². The molecule has 2 atom stereocenters. The van der Waals surface area contributed by atoms with E-state index in [0.29, 0.717) is 29.5 Å². The molecule has 1 amide bonds. The van der Waals surface area contributed by atoms with Gasteiger partial charge in [0.2, 0.25) is 12.7 Å². The van der Waals surface area contributed by atoms with Crippen molar-refractivity contribution in [3.05, 3.63) is 12.1 Å². The van der Waals surface area contributed by atoms with E-state index >= 15 is 0 Å². The fraction of sp³-hybridized carbons (Fsp3) is 0.562. The third-order valence-corrected chi connectivity index (χ3v) is 3.83. The van der Waals surface area contributed by atoms with E-state index in [9.17, 15) is 4.79 Å². The second kappa shape index (κ2) is 6.64. The Bertz CT molecular complexity index is 582. The number of morpholine rings is 1. The molecule has 7 heteroatoms. The van der Waals surface area contributed by atoms with Gasteiger partial charge in [-0.25, -0.2) is 0 Å². The number of amides is 1. The van der Waals surface area contributed by atoms with E-state index in [-0.39, 0.29) is 24.9 Å². The zero-order chi connectivity index (χ0) is 16.4. The quantitative estimate of drug-likeness (QED) is 0.905. The van der Waals surface area contributed by atoms with E-state index in [1.165, 1.54) is 0 Å². The predicted octanol–water partition coefficient (Wildman–Crippen LogP) is 1.47. The maximum Gasteiger partial charge on any atom is 0.238 e. The van der Waals surface area contributed by atoms with Gasteiger partial charge in [0, 0.05) is 25.2 Å². The molecule has 1 aromatic rings. The number of benzene rings is 1. The highest BCUT2D eigenvalue weighted by Gasteiger charge is 2.24. The minimum atomic E-state index is -0.0940. The van der Waals surface area contributed by atoms with Crippen LogP contribution >= 0.6 is 0 Å². The van der Waals surface area contributed by atoms with Crippen molar-refractivity contribution in [3.8, 4) is 17.2 Å². The number of hydrogen-bond acceptors (Lipinski definition) is 6. The fourth-order valence-corrected chi connectivity index (χ4v) is 3.00. The second-order valence-corrected chi connectivity index (χ2v) is 5.91. The topological polar surface area (TPSA) is 69.3 Å². The summed E-state index contributed by atoms with van der Waals surface area (Å²) in [5.41, 5.74) is 0.580. The molecule has 2 unspecified atom stereocenters. The molecule has 2 aliphatic rings. The molecule has 0 aromatic heterocycles. The Kier molecular flexibility index (Phi) is 4.58. The normalized spacial score (nSPS) is 23.6. The number of methoxy groups -OCH3 is 1. The van der Waals surface area contributed by atoms with Crippen LogP contribution in [0, 0.1) is 0 Å². The molecule has 0 radical (unpaired) electrons. The molecule has 7 nitrogen and oxygen atoms in total. The summed E-state index contributed by atoms with van der Waals surface area (Å²) >= 11 is 0. The summed E-state index contributed by atoms with van der Waals surface area (Å²) in [4.78, 5) is 14.4. The van der Waals surface area contributed by atoms with Crippen LogP contribution in [0.4, 0.5) is 5.69 Å². The monoisotopic (exact) mass is 322 g/mol. The number of ether oxygens (including phenoxy) is 4. The molecule has 2 aliphatic heterocycles. The standard InChI is InChI=1S/C16H22N2O5/c1-10-6-18(7-11(2)23-10)8-16(19)17-12-4-14-15(22-9-21-14)5-13(12)20-3/h4-5,10-11H,6-9H2,1-3H3,(H,17,19). The molecular formula is C16H22N2O5. The van der Waals surface area contributed by atoms with Crippen LogP contribution in [0.25, 0.3) is 0 Å². The van der Waals surface area contributed by atoms with Crippen molar-refractivity contribution in [1.82, 2.24) is 4.90 Å². The Morgan fingerprint density at radius 3 is 2.57 bits per heavy atom. The van der Waals surface area contributed by atoms with Gasteiger partial charge in [0.1, 0.15) is 5.75 Å². The zero-order valence-corrected chi connectivity index (χ0v) is 13.6. The number of carbonyl (C=O) groups is 1. The van der Waals surface area contributed by atoms with Crippen molar-refractivity contribution >= 4 is 11.6 Å². The van der Waals surface area contributed by atoms with Gasteiger partial charge in [-0.15, -0.1) is 0 Å². The molecule has 1 fully saturated rings. The molecule has 0 aliphatic carbocycles. The first kappa shape index (κ1) is 15.9. The summed E-state index contributed by atoms with van der Waals surface area (Å²) in [6, 6.07) is 3.44. The largest absolute Gasteiger partial charge is 0.494 e. The number of nitrogens with zero attached hydrogens (tertiary/aromatic N) is 1. The Labute approximate surface area is 135 Å².